The molecule has 1 aliphatic rings. The maximum atomic E-state index is 5.99. The second-order valence-corrected chi connectivity index (χ2v) is 4.43. The van der Waals surface area contributed by atoms with Gasteiger partial charge in [-0.25, -0.2) is 0 Å². The molecule has 2 heteroatoms. The minimum absolute atomic E-state index is 0.325. The molecular weight excluding hydrogens is 170 g/mol. The molecule has 1 rings (SSSR count). The molecule has 0 aromatic heterocycles. The maximum absolute atomic E-state index is 5.99. The standard InChI is InChI=1S/C10H20ClN/c1-2-10(11)8-12-7-9-5-3-4-6-9/h9-10,12H,2-8H2,1H3. The fourth-order valence-corrected chi connectivity index (χ4v) is 1.91. The first-order chi connectivity index (χ1) is 5.83. The number of alkyl halides is 1. The largest absolute Gasteiger partial charge is 0.315 e. The topological polar surface area (TPSA) is 12.0 Å². The lowest BCUT2D eigenvalue weighted by Gasteiger charge is -2.12. The molecule has 1 nitrogen and oxygen atoms in total. The van der Waals surface area contributed by atoms with Crippen molar-refractivity contribution in [2.24, 2.45) is 5.92 Å². The predicted molar refractivity (Wildman–Crippen MR) is 54.8 cm³/mol. The summed E-state index contributed by atoms with van der Waals surface area (Å²) in [4.78, 5) is 0. The highest BCUT2D eigenvalue weighted by Gasteiger charge is 2.14. The molecule has 0 heterocycles. The molecule has 0 aromatic rings. The maximum Gasteiger partial charge on any atom is 0.0458 e. The van der Waals surface area contributed by atoms with Gasteiger partial charge in [0.05, 0.1) is 0 Å². The van der Waals surface area contributed by atoms with Gasteiger partial charge in [0.15, 0.2) is 0 Å². The van der Waals surface area contributed by atoms with E-state index in [1.54, 1.807) is 0 Å². The van der Waals surface area contributed by atoms with Crippen molar-refractivity contribution < 1.29 is 0 Å². The van der Waals surface area contributed by atoms with Gasteiger partial charge in [-0.15, -0.1) is 11.6 Å². The summed E-state index contributed by atoms with van der Waals surface area (Å²) in [6.07, 6.45) is 6.78. The van der Waals surface area contributed by atoms with Crippen molar-refractivity contribution in [3.8, 4) is 0 Å². The molecule has 1 aliphatic carbocycles. The summed E-state index contributed by atoms with van der Waals surface area (Å²) in [5, 5.41) is 3.77. The van der Waals surface area contributed by atoms with Crippen LogP contribution in [0.25, 0.3) is 0 Å². The van der Waals surface area contributed by atoms with Crippen LogP contribution in [0.2, 0.25) is 0 Å². The van der Waals surface area contributed by atoms with Crippen LogP contribution in [0.15, 0.2) is 0 Å². The van der Waals surface area contributed by atoms with E-state index in [2.05, 4.69) is 12.2 Å². The van der Waals surface area contributed by atoms with Crippen LogP contribution in [0.4, 0.5) is 0 Å². The van der Waals surface area contributed by atoms with Crippen LogP contribution in [0.1, 0.15) is 39.0 Å². The van der Waals surface area contributed by atoms with Crippen LogP contribution in [-0.4, -0.2) is 18.5 Å². The summed E-state index contributed by atoms with van der Waals surface area (Å²) in [6.45, 7) is 4.30. The Morgan fingerprint density at radius 2 is 2.08 bits per heavy atom. The van der Waals surface area contributed by atoms with E-state index in [0.717, 1.165) is 18.9 Å². The Bertz CT molecular complexity index is 110. The van der Waals surface area contributed by atoms with Gasteiger partial charge >= 0.3 is 0 Å². The van der Waals surface area contributed by atoms with Crippen LogP contribution in [0.5, 0.6) is 0 Å². The highest BCUT2D eigenvalue weighted by atomic mass is 35.5. The number of hydrogen-bond donors (Lipinski definition) is 1. The highest BCUT2D eigenvalue weighted by molar-refractivity contribution is 6.20. The third kappa shape index (κ3) is 3.77. The summed E-state index contributed by atoms with van der Waals surface area (Å²) in [6, 6.07) is 0. The number of rotatable bonds is 5. The summed E-state index contributed by atoms with van der Waals surface area (Å²) >= 11 is 5.99. The Labute approximate surface area is 80.9 Å². The van der Waals surface area contributed by atoms with E-state index in [1.807, 2.05) is 0 Å². The summed E-state index contributed by atoms with van der Waals surface area (Å²) < 4.78 is 0. The van der Waals surface area contributed by atoms with Gasteiger partial charge in [-0.1, -0.05) is 19.8 Å². The molecule has 0 radical (unpaired) electrons. The van der Waals surface area contributed by atoms with Gasteiger partial charge in [0.25, 0.3) is 0 Å². The van der Waals surface area contributed by atoms with E-state index in [9.17, 15) is 0 Å². The fraction of sp³-hybridized carbons (Fsp3) is 1.00. The molecule has 0 spiro atoms. The Morgan fingerprint density at radius 3 is 2.67 bits per heavy atom. The smallest absolute Gasteiger partial charge is 0.0458 e. The predicted octanol–water partition coefficient (Wildman–Crippen LogP) is 2.78. The molecule has 1 atom stereocenters. The molecule has 72 valence electrons. The van der Waals surface area contributed by atoms with E-state index in [1.165, 1.54) is 32.2 Å². The average molecular weight is 190 g/mol. The Hall–Kier alpha value is 0.250. The lowest BCUT2D eigenvalue weighted by atomic mass is 10.1. The summed E-state index contributed by atoms with van der Waals surface area (Å²) in [7, 11) is 0. The van der Waals surface area contributed by atoms with E-state index in [4.69, 9.17) is 11.6 Å². The van der Waals surface area contributed by atoms with Crippen LogP contribution < -0.4 is 5.32 Å². The van der Waals surface area contributed by atoms with Crippen molar-refractivity contribution in [1.29, 1.82) is 0 Å². The Morgan fingerprint density at radius 1 is 1.42 bits per heavy atom. The molecule has 0 aliphatic heterocycles. The molecule has 12 heavy (non-hydrogen) atoms. The van der Waals surface area contributed by atoms with E-state index in [-0.39, 0.29) is 0 Å². The molecule has 0 saturated heterocycles. The van der Waals surface area contributed by atoms with Crippen LogP contribution >= 0.6 is 11.6 Å². The molecule has 0 aromatic carbocycles. The minimum atomic E-state index is 0.325. The lowest BCUT2D eigenvalue weighted by molar-refractivity contribution is 0.486. The van der Waals surface area contributed by atoms with Gasteiger partial charge < -0.3 is 5.32 Å². The van der Waals surface area contributed by atoms with Crippen molar-refractivity contribution in [3.05, 3.63) is 0 Å². The van der Waals surface area contributed by atoms with Crippen molar-refractivity contribution >= 4 is 11.6 Å². The first-order valence-electron chi connectivity index (χ1n) is 5.17. The minimum Gasteiger partial charge on any atom is -0.315 e. The fourth-order valence-electron chi connectivity index (χ4n) is 1.80. The molecule has 0 bridgehead atoms. The van der Waals surface area contributed by atoms with E-state index < -0.39 is 0 Å². The first-order valence-corrected chi connectivity index (χ1v) is 5.61. The third-order valence-corrected chi connectivity index (χ3v) is 3.18. The number of hydrogen-bond acceptors (Lipinski definition) is 1. The highest BCUT2D eigenvalue weighted by Crippen LogP contribution is 2.23. The monoisotopic (exact) mass is 189 g/mol. The van der Waals surface area contributed by atoms with Crippen LogP contribution in [0, 0.1) is 5.92 Å². The zero-order valence-corrected chi connectivity index (χ0v) is 8.74. The van der Waals surface area contributed by atoms with Crippen molar-refractivity contribution in [2.75, 3.05) is 13.1 Å². The second-order valence-electron chi connectivity index (χ2n) is 3.81. The van der Waals surface area contributed by atoms with E-state index in [0.29, 0.717) is 5.38 Å². The molecule has 1 unspecified atom stereocenters. The number of halogens is 1. The molecular formula is C10H20ClN. The second kappa shape index (κ2) is 5.82. The van der Waals surface area contributed by atoms with Gasteiger partial charge in [-0.2, -0.15) is 0 Å². The Balaban J connectivity index is 1.94. The van der Waals surface area contributed by atoms with Crippen molar-refractivity contribution in [2.45, 2.75) is 44.4 Å². The van der Waals surface area contributed by atoms with Crippen LogP contribution in [0.3, 0.4) is 0 Å². The first kappa shape index (κ1) is 10.3. The van der Waals surface area contributed by atoms with Crippen LogP contribution in [-0.2, 0) is 0 Å². The van der Waals surface area contributed by atoms with Crippen molar-refractivity contribution in [3.63, 3.8) is 0 Å². The van der Waals surface area contributed by atoms with Gasteiger partial charge in [0.2, 0.25) is 0 Å². The Kier molecular flexibility index (Phi) is 5.01. The number of nitrogens with one attached hydrogen (secondary N) is 1. The SMILES string of the molecule is CCC(Cl)CNCC1CCCC1. The molecule has 1 N–H and O–H groups in total. The third-order valence-electron chi connectivity index (χ3n) is 2.72. The zero-order chi connectivity index (χ0) is 8.81. The molecule has 1 fully saturated rings. The van der Waals surface area contributed by atoms with Gasteiger partial charge in [-0.3, -0.25) is 0 Å². The summed E-state index contributed by atoms with van der Waals surface area (Å²) in [5.41, 5.74) is 0. The average Bonchev–Trinajstić information content (AvgIpc) is 2.57. The quantitative estimate of drug-likeness (QED) is 0.656. The lowest BCUT2D eigenvalue weighted by Crippen LogP contribution is -2.27. The van der Waals surface area contributed by atoms with Gasteiger partial charge in [0, 0.05) is 11.9 Å². The van der Waals surface area contributed by atoms with Gasteiger partial charge in [0.1, 0.15) is 0 Å². The zero-order valence-electron chi connectivity index (χ0n) is 7.98. The normalized spacial score (nSPS) is 21.5. The van der Waals surface area contributed by atoms with Gasteiger partial charge in [-0.05, 0) is 31.7 Å². The summed E-state index contributed by atoms with van der Waals surface area (Å²) in [5.74, 6) is 0.936. The molecule has 0 amide bonds. The van der Waals surface area contributed by atoms with E-state index >= 15 is 0 Å². The van der Waals surface area contributed by atoms with Crippen molar-refractivity contribution in [1.82, 2.24) is 5.32 Å². The molecule has 1 saturated carbocycles.